The van der Waals surface area contributed by atoms with Crippen molar-refractivity contribution in [2.24, 2.45) is 0 Å². The predicted molar refractivity (Wildman–Crippen MR) is 110 cm³/mol. The van der Waals surface area contributed by atoms with Crippen LogP contribution in [-0.4, -0.2) is 15.5 Å². The van der Waals surface area contributed by atoms with Crippen LogP contribution in [0.1, 0.15) is 35.3 Å². The first-order valence-electron chi connectivity index (χ1n) is 9.06. The molecule has 0 saturated heterocycles. The number of thiophene rings is 1. The van der Waals surface area contributed by atoms with Crippen LogP contribution in [0.5, 0.6) is 0 Å². The molecule has 28 heavy (non-hydrogen) atoms. The Labute approximate surface area is 170 Å². The van der Waals surface area contributed by atoms with Crippen molar-refractivity contribution in [3.05, 3.63) is 55.9 Å². The number of hydrogen-bond acceptors (Lipinski definition) is 5. The number of carbonyl (C=O) groups is 1. The number of nitrogens with one attached hydrogen (secondary N) is 1. The summed E-state index contributed by atoms with van der Waals surface area (Å²) in [6.45, 7) is -0.177. The van der Waals surface area contributed by atoms with Crippen molar-refractivity contribution < 1.29 is 4.79 Å². The van der Waals surface area contributed by atoms with Gasteiger partial charge in [0.1, 0.15) is 17.4 Å². The minimum absolute atomic E-state index is 0.177. The number of rotatable bonds is 3. The standard InChI is InChI=1S/C20H17ClN4O2S/c21-13-7-6-12(9-22)15(8-13)24-17(26)10-25-11-23-19-18(20(25)27)14-4-2-1-3-5-16(14)28-19/h6-8,11H,1-5,10H2,(H,24,26). The van der Waals surface area contributed by atoms with Crippen molar-refractivity contribution in [3.63, 3.8) is 0 Å². The number of anilines is 1. The molecule has 0 fully saturated rings. The number of amides is 1. The average Bonchev–Trinajstić information content (AvgIpc) is 2.86. The normalized spacial score (nSPS) is 13.6. The van der Waals surface area contributed by atoms with E-state index >= 15 is 0 Å². The van der Waals surface area contributed by atoms with Crippen LogP contribution in [0, 0.1) is 11.3 Å². The molecule has 0 bridgehead atoms. The van der Waals surface area contributed by atoms with Gasteiger partial charge in [0.2, 0.25) is 5.91 Å². The van der Waals surface area contributed by atoms with Crippen LogP contribution in [0.2, 0.25) is 5.02 Å². The highest BCUT2D eigenvalue weighted by Gasteiger charge is 2.20. The topological polar surface area (TPSA) is 87.8 Å². The molecular weight excluding hydrogens is 396 g/mol. The smallest absolute Gasteiger partial charge is 0.262 e. The Morgan fingerprint density at radius 2 is 2.14 bits per heavy atom. The van der Waals surface area contributed by atoms with Crippen LogP contribution in [0.25, 0.3) is 10.2 Å². The number of halogens is 1. The number of aryl methyl sites for hydroxylation is 2. The van der Waals surface area contributed by atoms with Crippen LogP contribution in [0.15, 0.2) is 29.3 Å². The largest absolute Gasteiger partial charge is 0.323 e. The fraction of sp³-hybridized carbons (Fsp3) is 0.300. The molecule has 1 amide bonds. The Morgan fingerprint density at radius 3 is 2.96 bits per heavy atom. The first kappa shape index (κ1) is 18.7. The van der Waals surface area contributed by atoms with Gasteiger partial charge in [0.15, 0.2) is 0 Å². The van der Waals surface area contributed by atoms with Gasteiger partial charge < -0.3 is 5.32 Å². The van der Waals surface area contributed by atoms with Crippen molar-refractivity contribution in [3.8, 4) is 6.07 Å². The van der Waals surface area contributed by atoms with Gasteiger partial charge in [-0.1, -0.05) is 18.0 Å². The highest BCUT2D eigenvalue weighted by Crippen LogP contribution is 2.32. The number of fused-ring (bicyclic) bond motifs is 3. The molecule has 1 N–H and O–H groups in total. The summed E-state index contributed by atoms with van der Waals surface area (Å²) in [6.07, 6.45) is 6.67. The minimum Gasteiger partial charge on any atom is -0.323 e. The van der Waals surface area contributed by atoms with Gasteiger partial charge in [-0.05, 0) is 49.4 Å². The molecule has 0 aliphatic heterocycles. The van der Waals surface area contributed by atoms with Crippen LogP contribution >= 0.6 is 22.9 Å². The molecule has 2 heterocycles. The van der Waals surface area contributed by atoms with Crippen LogP contribution in [0.4, 0.5) is 5.69 Å². The predicted octanol–water partition coefficient (Wildman–Crippen LogP) is 3.89. The second-order valence-electron chi connectivity index (χ2n) is 6.77. The lowest BCUT2D eigenvalue weighted by molar-refractivity contribution is -0.116. The number of aromatic nitrogens is 2. The fourth-order valence-electron chi connectivity index (χ4n) is 3.53. The molecule has 0 saturated carbocycles. The molecule has 1 aromatic carbocycles. The van der Waals surface area contributed by atoms with E-state index in [0.29, 0.717) is 21.7 Å². The maximum absolute atomic E-state index is 13.0. The zero-order chi connectivity index (χ0) is 19.7. The monoisotopic (exact) mass is 412 g/mol. The lowest BCUT2D eigenvalue weighted by Gasteiger charge is -2.09. The van der Waals surface area contributed by atoms with E-state index in [1.807, 2.05) is 6.07 Å². The first-order chi connectivity index (χ1) is 13.6. The van der Waals surface area contributed by atoms with E-state index in [1.165, 1.54) is 28.3 Å². The van der Waals surface area contributed by atoms with Crippen molar-refractivity contribution in [1.29, 1.82) is 5.26 Å². The molecule has 8 heteroatoms. The number of hydrogen-bond donors (Lipinski definition) is 1. The Morgan fingerprint density at radius 1 is 1.32 bits per heavy atom. The van der Waals surface area contributed by atoms with Crippen molar-refractivity contribution >= 4 is 44.7 Å². The highest BCUT2D eigenvalue weighted by molar-refractivity contribution is 7.18. The molecule has 3 aromatic rings. The molecule has 2 aromatic heterocycles. The van der Waals surface area contributed by atoms with Crippen molar-refractivity contribution in [1.82, 2.24) is 9.55 Å². The number of nitriles is 1. The minimum atomic E-state index is -0.414. The van der Waals surface area contributed by atoms with Gasteiger partial charge in [-0.25, -0.2) is 4.98 Å². The molecule has 0 atom stereocenters. The molecule has 0 spiro atoms. The summed E-state index contributed by atoms with van der Waals surface area (Å²) < 4.78 is 1.33. The molecule has 6 nitrogen and oxygen atoms in total. The Kier molecular flexibility index (Phi) is 5.16. The van der Waals surface area contributed by atoms with E-state index in [2.05, 4.69) is 10.3 Å². The summed E-state index contributed by atoms with van der Waals surface area (Å²) in [7, 11) is 0. The quantitative estimate of drug-likeness (QED) is 0.661. The Balaban J connectivity index is 1.63. The Hall–Kier alpha value is -2.69. The lowest BCUT2D eigenvalue weighted by atomic mass is 10.1. The molecule has 1 aliphatic rings. The Bertz CT molecular complexity index is 1180. The summed E-state index contributed by atoms with van der Waals surface area (Å²) in [5, 5.41) is 12.9. The summed E-state index contributed by atoms with van der Waals surface area (Å²) in [6, 6.07) is 6.65. The summed E-state index contributed by atoms with van der Waals surface area (Å²) in [5.41, 5.74) is 1.55. The van der Waals surface area contributed by atoms with Crippen LogP contribution in [-0.2, 0) is 24.2 Å². The lowest BCUT2D eigenvalue weighted by Crippen LogP contribution is -2.28. The van der Waals surface area contributed by atoms with Crippen molar-refractivity contribution in [2.75, 3.05) is 5.32 Å². The number of nitrogens with zero attached hydrogens (tertiary/aromatic N) is 3. The molecule has 0 radical (unpaired) electrons. The number of carbonyl (C=O) groups excluding carboxylic acids is 1. The van der Waals surface area contributed by atoms with Gasteiger partial charge in [0.25, 0.3) is 5.56 Å². The average molecular weight is 413 g/mol. The van der Waals surface area contributed by atoms with E-state index in [0.717, 1.165) is 36.1 Å². The fourth-order valence-corrected chi connectivity index (χ4v) is 4.92. The van der Waals surface area contributed by atoms with Gasteiger partial charge in [0.05, 0.1) is 23.0 Å². The zero-order valence-corrected chi connectivity index (χ0v) is 16.6. The molecular formula is C20H17ClN4O2S. The second-order valence-corrected chi connectivity index (χ2v) is 8.29. The van der Waals surface area contributed by atoms with Gasteiger partial charge in [0, 0.05) is 9.90 Å². The van der Waals surface area contributed by atoms with E-state index in [9.17, 15) is 14.9 Å². The molecule has 0 unspecified atom stereocenters. The van der Waals surface area contributed by atoms with Gasteiger partial charge >= 0.3 is 0 Å². The summed E-state index contributed by atoms with van der Waals surface area (Å²) >= 11 is 7.54. The summed E-state index contributed by atoms with van der Waals surface area (Å²) in [4.78, 5) is 31.9. The zero-order valence-electron chi connectivity index (χ0n) is 15.0. The maximum atomic E-state index is 13.0. The third-order valence-electron chi connectivity index (χ3n) is 4.88. The third kappa shape index (κ3) is 3.53. The van der Waals surface area contributed by atoms with Crippen LogP contribution < -0.4 is 10.9 Å². The summed E-state index contributed by atoms with van der Waals surface area (Å²) in [5.74, 6) is -0.414. The van der Waals surface area contributed by atoms with E-state index < -0.39 is 5.91 Å². The third-order valence-corrected chi connectivity index (χ3v) is 6.32. The number of benzene rings is 1. The van der Waals surface area contributed by atoms with Crippen molar-refractivity contribution in [2.45, 2.75) is 38.6 Å². The highest BCUT2D eigenvalue weighted by atomic mass is 35.5. The first-order valence-corrected chi connectivity index (χ1v) is 10.3. The molecule has 4 rings (SSSR count). The van der Waals surface area contributed by atoms with Crippen LogP contribution in [0.3, 0.4) is 0 Å². The van der Waals surface area contributed by atoms with E-state index in [1.54, 1.807) is 23.5 Å². The van der Waals surface area contributed by atoms with Gasteiger partial charge in [-0.15, -0.1) is 11.3 Å². The van der Waals surface area contributed by atoms with E-state index in [-0.39, 0.29) is 12.1 Å². The van der Waals surface area contributed by atoms with Gasteiger partial charge in [-0.3, -0.25) is 14.2 Å². The second kappa shape index (κ2) is 7.74. The molecule has 142 valence electrons. The molecule has 1 aliphatic carbocycles. The van der Waals surface area contributed by atoms with Gasteiger partial charge in [-0.2, -0.15) is 5.26 Å². The van der Waals surface area contributed by atoms with E-state index in [4.69, 9.17) is 11.6 Å². The SMILES string of the molecule is N#Cc1ccc(Cl)cc1NC(=O)Cn1cnc2sc3c(c2c1=O)CCCCC3. The maximum Gasteiger partial charge on any atom is 0.262 e.